The second kappa shape index (κ2) is 10.8. The molecule has 224 valence electrons. The van der Waals surface area contributed by atoms with Gasteiger partial charge in [-0.2, -0.15) is 13.2 Å². The molecule has 1 aliphatic heterocycles. The molecule has 0 bridgehead atoms. The number of aromatic carboxylic acids is 1. The van der Waals surface area contributed by atoms with Crippen LogP contribution in [-0.2, 0) is 25.7 Å². The number of alkyl halides is 3. The molecule has 1 atom stereocenters. The van der Waals surface area contributed by atoms with Gasteiger partial charge in [0.15, 0.2) is 0 Å². The van der Waals surface area contributed by atoms with E-state index >= 15 is 0 Å². The van der Waals surface area contributed by atoms with E-state index < -0.39 is 73.8 Å². The number of carboxylic acid groups (broad SMARTS) is 1. The summed E-state index contributed by atoms with van der Waals surface area (Å²) in [6, 6.07) is 8.47. The first kappa shape index (κ1) is 30.6. The van der Waals surface area contributed by atoms with Gasteiger partial charge in [0.05, 0.1) is 35.2 Å². The number of hydrogen-bond acceptors (Lipinski definition) is 7. The van der Waals surface area contributed by atoms with E-state index in [1.807, 2.05) is 0 Å². The van der Waals surface area contributed by atoms with Crippen LogP contribution in [-0.4, -0.2) is 50.3 Å². The Kier molecular flexibility index (Phi) is 7.89. The van der Waals surface area contributed by atoms with Gasteiger partial charge >= 0.3 is 18.1 Å². The molecule has 2 N–H and O–H groups in total. The summed E-state index contributed by atoms with van der Waals surface area (Å²) < 4.78 is 94.2. The molecule has 1 heterocycles. The van der Waals surface area contributed by atoms with Gasteiger partial charge in [0.1, 0.15) is 29.0 Å². The Balaban J connectivity index is 1.90. The largest absolute Gasteiger partial charge is 0.508 e. The summed E-state index contributed by atoms with van der Waals surface area (Å²) in [6.07, 6.45) is -5.84. The second-order valence-corrected chi connectivity index (χ2v) is 12.1. The number of halogens is 4. The molecule has 0 spiro atoms. The smallest absolute Gasteiger partial charge is 0.416 e. The highest BCUT2D eigenvalue weighted by atomic mass is 32.2. The highest BCUT2D eigenvalue weighted by molar-refractivity contribution is 7.92. The number of ether oxygens (including phenoxy) is 2. The molecule has 0 aliphatic carbocycles. The summed E-state index contributed by atoms with van der Waals surface area (Å²) in [6.45, 7) is 2.66. The number of carbonyl (C=O) groups is 2. The summed E-state index contributed by atoms with van der Waals surface area (Å²) in [5, 5.41) is 19.5. The van der Waals surface area contributed by atoms with Gasteiger partial charge in [-0.1, -0.05) is 12.1 Å². The van der Waals surface area contributed by atoms with Gasteiger partial charge in [0, 0.05) is 18.1 Å². The minimum atomic E-state index is -4.83. The number of carboxylic acids is 1. The Hall–Kier alpha value is -4.33. The van der Waals surface area contributed by atoms with Gasteiger partial charge in [-0.25, -0.2) is 17.6 Å². The first-order valence-corrected chi connectivity index (χ1v) is 13.7. The van der Waals surface area contributed by atoms with Crippen LogP contribution in [0.3, 0.4) is 0 Å². The summed E-state index contributed by atoms with van der Waals surface area (Å²) in [7, 11) is -3.53. The fraction of sp³-hybridized carbons (Fsp3) is 0.286. The lowest BCUT2D eigenvalue weighted by molar-refractivity contribution is -0.152. The SMILES string of the molecule is COC(=O)C(C)(C)CC1CN(S(=O)(=O)c2cccc(C(F)(F)F)c2)c2cc(-c3cc(O)cc(F)c3C(=O)O)ccc2O1. The van der Waals surface area contributed by atoms with Crippen molar-refractivity contribution in [2.24, 2.45) is 5.41 Å². The van der Waals surface area contributed by atoms with E-state index in [-0.39, 0.29) is 29.0 Å². The molecule has 0 fully saturated rings. The quantitative estimate of drug-likeness (QED) is 0.266. The molecule has 0 aromatic heterocycles. The summed E-state index contributed by atoms with van der Waals surface area (Å²) >= 11 is 0. The molecular formula is C28H25F4NO8S. The zero-order valence-electron chi connectivity index (χ0n) is 22.4. The molecule has 0 radical (unpaired) electrons. The highest BCUT2D eigenvalue weighted by Crippen LogP contribution is 2.43. The number of rotatable bonds is 7. The van der Waals surface area contributed by atoms with Crippen LogP contribution in [0.15, 0.2) is 59.5 Å². The Morgan fingerprint density at radius 1 is 1.10 bits per heavy atom. The number of sulfonamides is 1. The highest BCUT2D eigenvalue weighted by Gasteiger charge is 2.41. The van der Waals surface area contributed by atoms with Gasteiger partial charge in [-0.3, -0.25) is 9.10 Å². The lowest BCUT2D eigenvalue weighted by Crippen LogP contribution is -2.46. The van der Waals surface area contributed by atoms with Crippen molar-refractivity contribution in [3.05, 3.63) is 71.5 Å². The minimum Gasteiger partial charge on any atom is -0.508 e. The van der Waals surface area contributed by atoms with Crippen LogP contribution in [0, 0.1) is 11.2 Å². The summed E-state index contributed by atoms with van der Waals surface area (Å²) in [5.41, 5.74) is -3.63. The van der Waals surface area contributed by atoms with Crippen LogP contribution >= 0.6 is 0 Å². The topological polar surface area (TPSA) is 130 Å². The first-order valence-electron chi connectivity index (χ1n) is 12.3. The van der Waals surface area contributed by atoms with Crippen LogP contribution < -0.4 is 9.04 Å². The van der Waals surface area contributed by atoms with Crippen LogP contribution in [0.2, 0.25) is 0 Å². The number of nitrogens with zero attached hydrogens (tertiary/aromatic N) is 1. The fourth-order valence-corrected chi connectivity index (χ4v) is 6.28. The number of esters is 1. The third kappa shape index (κ3) is 5.84. The summed E-state index contributed by atoms with van der Waals surface area (Å²) in [4.78, 5) is 23.4. The molecular weight excluding hydrogens is 586 g/mol. The number of fused-ring (bicyclic) bond motifs is 1. The van der Waals surface area contributed by atoms with Crippen molar-refractivity contribution in [3.63, 3.8) is 0 Å². The second-order valence-electron chi connectivity index (χ2n) is 10.2. The molecule has 0 saturated heterocycles. The molecule has 1 unspecified atom stereocenters. The molecule has 0 amide bonds. The van der Waals surface area contributed by atoms with Gasteiger partial charge < -0.3 is 19.7 Å². The fourth-order valence-electron chi connectivity index (χ4n) is 4.74. The number of phenolic OH excluding ortho intramolecular Hbond substituents is 1. The molecule has 1 aliphatic rings. The number of methoxy groups -OCH3 is 1. The maximum atomic E-state index is 14.5. The maximum absolute atomic E-state index is 14.5. The zero-order valence-corrected chi connectivity index (χ0v) is 23.2. The van der Waals surface area contributed by atoms with Crippen LogP contribution in [0.1, 0.15) is 36.2 Å². The van der Waals surface area contributed by atoms with Crippen LogP contribution in [0.25, 0.3) is 11.1 Å². The predicted octanol–water partition coefficient (Wildman–Crippen LogP) is 5.46. The molecule has 14 heteroatoms. The molecule has 3 aromatic rings. The standard InChI is InChI=1S/C28H25F4NO8S/c1-27(2,26(37)40-3)13-18-14-33(42(38,39)19-6-4-5-16(10-19)28(30,31)32)22-9-15(7-8-23(22)41-18)20-11-17(34)12-21(29)24(20)25(35)36/h4-12,18,34H,13-14H2,1-3H3,(H,35,36). The maximum Gasteiger partial charge on any atom is 0.416 e. The Bertz CT molecular complexity index is 1670. The number of hydrogen-bond donors (Lipinski definition) is 2. The van der Waals surface area contributed by atoms with E-state index in [1.165, 1.54) is 25.3 Å². The van der Waals surface area contributed by atoms with Crippen molar-refractivity contribution >= 4 is 27.6 Å². The first-order chi connectivity index (χ1) is 19.5. The third-order valence-electron chi connectivity index (χ3n) is 6.72. The molecule has 42 heavy (non-hydrogen) atoms. The van der Waals surface area contributed by atoms with Gasteiger partial charge in [0.2, 0.25) is 0 Å². The lowest BCUT2D eigenvalue weighted by atomic mass is 9.86. The lowest BCUT2D eigenvalue weighted by Gasteiger charge is -2.38. The monoisotopic (exact) mass is 611 g/mol. The van der Waals surface area contributed by atoms with E-state index in [1.54, 1.807) is 13.8 Å². The van der Waals surface area contributed by atoms with Crippen molar-refractivity contribution < 1.29 is 55.3 Å². The van der Waals surface area contributed by atoms with Gasteiger partial charge in [-0.05, 0) is 55.8 Å². The predicted molar refractivity (Wildman–Crippen MR) is 141 cm³/mol. The van der Waals surface area contributed by atoms with E-state index in [0.29, 0.717) is 12.1 Å². The number of benzene rings is 3. The van der Waals surface area contributed by atoms with Crippen molar-refractivity contribution in [1.82, 2.24) is 0 Å². The number of anilines is 1. The Morgan fingerprint density at radius 2 is 1.79 bits per heavy atom. The van der Waals surface area contributed by atoms with E-state index in [0.717, 1.165) is 28.6 Å². The molecule has 3 aromatic carbocycles. The van der Waals surface area contributed by atoms with Gasteiger partial charge in [-0.15, -0.1) is 0 Å². The average molecular weight is 612 g/mol. The number of phenols is 1. The number of aromatic hydroxyl groups is 1. The van der Waals surface area contributed by atoms with Crippen molar-refractivity contribution in [3.8, 4) is 22.6 Å². The molecule has 0 saturated carbocycles. The van der Waals surface area contributed by atoms with E-state index in [9.17, 15) is 45.8 Å². The van der Waals surface area contributed by atoms with Crippen molar-refractivity contribution in [2.75, 3.05) is 18.0 Å². The van der Waals surface area contributed by atoms with Crippen LogP contribution in [0.5, 0.6) is 11.5 Å². The Labute approximate surface area is 238 Å². The molecule has 9 nitrogen and oxygen atoms in total. The zero-order chi connectivity index (χ0) is 31.2. The molecule has 4 rings (SSSR count). The Morgan fingerprint density at radius 3 is 2.40 bits per heavy atom. The minimum absolute atomic E-state index is 0.0258. The van der Waals surface area contributed by atoms with Crippen LogP contribution in [0.4, 0.5) is 23.2 Å². The van der Waals surface area contributed by atoms with E-state index in [2.05, 4.69) is 0 Å². The third-order valence-corrected chi connectivity index (χ3v) is 8.49. The average Bonchev–Trinajstić information content (AvgIpc) is 2.90. The summed E-state index contributed by atoms with van der Waals surface area (Å²) in [5.74, 6) is -4.16. The normalized spacial score (nSPS) is 15.5. The van der Waals surface area contributed by atoms with Crippen molar-refractivity contribution in [1.29, 1.82) is 0 Å². The van der Waals surface area contributed by atoms with Crippen molar-refractivity contribution in [2.45, 2.75) is 37.4 Å². The van der Waals surface area contributed by atoms with Gasteiger partial charge in [0.25, 0.3) is 10.0 Å². The van der Waals surface area contributed by atoms with E-state index in [4.69, 9.17) is 9.47 Å². The number of carbonyl (C=O) groups excluding carboxylic acids is 1.